The van der Waals surface area contributed by atoms with Crippen LogP contribution in [0.3, 0.4) is 0 Å². The minimum absolute atomic E-state index is 0.119. The summed E-state index contributed by atoms with van der Waals surface area (Å²) in [6.07, 6.45) is 5.73. The van der Waals surface area contributed by atoms with E-state index in [0.29, 0.717) is 71.0 Å². The summed E-state index contributed by atoms with van der Waals surface area (Å²) in [5.74, 6) is -2.63. The molecule has 0 radical (unpaired) electrons. The number of halogens is 2. The normalized spacial score (nSPS) is 21.8. The molecule has 17 nitrogen and oxygen atoms in total. The second-order valence-electron chi connectivity index (χ2n) is 18.2. The molecule has 4 aromatic heterocycles. The van der Waals surface area contributed by atoms with Gasteiger partial charge in [0.25, 0.3) is 5.56 Å². The van der Waals surface area contributed by atoms with Crippen LogP contribution >= 0.6 is 0 Å². The molecule has 0 spiro atoms. The van der Waals surface area contributed by atoms with Gasteiger partial charge in [0.15, 0.2) is 12.3 Å². The first-order valence-corrected chi connectivity index (χ1v) is 22.5. The number of nitrogens with zero attached hydrogens (tertiary/aromatic N) is 10. The van der Waals surface area contributed by atoms with Crippen LogP contribution in [0.15, 0.2) is 53.5 Å². The van der Waals surface area contributed by atoms with Gasteiger partial charge in [-0.3, -0.25) is 29.3 Å². The SMILES string of the molecule is Cn1nc(C2CCC(=O)NC2=O)c2cccc(N3CCC(CN4CCN(c5cc(Nc6ccc7c(c6)c6c(c(=O)n7C)OCC(F)(F)[C@H](C7CC7)N6)n6ncc(C#N)c6n5)CC4)CC3)c21. The summed E-state index contributed by atoms with van der Waals surface area (Å²) in [7, 11) is 3.53. The van der Waals surface area contributed by atoms with Gasteiger partial charge in [0.2, 0.25) is 17.6 Å². The van der Waals surface area contributed by atoms with Crippen LogP contribution < -0.4 is 36.0 Å². The predicted octanol–water partition coefficient (Wildman–Crippen LogP) is 4.86. The van der Waals surface area contributed by atoms with Crippen molar-refractivity contribution in [2.45, 2.75) is 56.4 Å². The van der Waals surface area contributed by atoms with Crippen molar-refractivity contribution in [2.75, 3.05) is 72.9 Å². The van der Waals surface area contributed by atoms with E-state index in [1.54, 1.807) is 17.6 Å². The third-order valence-corrected chi connectivity index (χ3v) is 14.1. The summed E-state index contributed by atoms with van der Waals surface area (Å²) in [5.41, 5.74) is 4.56. The molecule has 5 aliphatic rings. The molecule has 2 amide bonds. The van der Waals surface area contributed by atoms with Crippen molar-refractivity contribution in [3.63, 3.8) is 0 Å². The van der Waals surface area contributed by atoms with E-state index < -0.39 is 30.0 Å². The largest absolute Gasteiger partial charge is 0.480 e. The molecular formula is C46H49F2N13O4. The highest BCUT2D eigenvalue weighted by Crippen LogP contribution is 2.46. The highest BCUT2D eigenvalue weighted by Gasteiger charge is 2.51. The van der Waals surface area contributed by atoms with Crippen molar-refractivity contribution < 1.29 is 23.1 Å². The minimum atomic E-state index is -3.15. The third-order valence-electron chi connectivity index (χ3n) is 14.1. The number of aromatic nitrogens is 6. The summed E-state index contributed by atoms with van der Waals surface area (Å²) in [4.78, 5) is 50.0. The Morgan fingerprint density at radius 1 is 0.954 bits per heavy atom. The molecule has 6 aromatic rings. The first-order valence-electron chi connectivity index (χ1n) is 22.5. The Balaban J connectivity index is 0.778. The zero-order valence-electron chi connectivity index (χ0n) is 36.2. The lowest BCUT2D eigenvalue weighted by atomic mass is 9.92. The number of anilines is 5. The number of nitrogens with one attached hydrogen (secondary N) is 3. The molecule has 2 atom stereocenters. The molecule has 0 bridgehead atoms. The van der Waals surface area contributed by atoms with E-state index in [1.807, 2.05) is 42.1 Å². The highest BCUT2D eigenvalue weighted by molar-refractivity contribution is 6.04. The number of pyridine rings is 1. The highest BCUT2D eigenvalue weighted by atomic mass is 19.3. The van der Waals surface area contributed by atoms with Gasteiger partial charge in [-0.1, -0.05) is 12.1 Å². The number of ether oxygens (including phenoxy) is 1. The smallest absolute Gasteiger partial charge is 0.301 e. The Morgan fingerprint density at radius 2 is 1.75 bits per heavy atom. The first-order chi connectivity index (χ1) is 31.4. The Kier molecular flexibility index (Phi) is 9.90. The molecule has 1 aliphatic carbocycles. The predicted molar refractivity (Wildman–Crippen MR) is 240 cm³/mol. The fourth-order valence-corrected chi connectivity index (χ4v) is 10.4. The van der Waals surface area contributed by atoms with Gasteiger partial charge in [-0.2, -0.15) is 20.0 Å². The maximum atomic E-state index is 15.3. The number of piperidine rings is 2. The standard InChI is InChI=1S/C46H49F2N13O4/c1-56-33-10-8-29(20-32(33)39-41(45(56)64)65-25-46(47,48)42(54-39)27-6-7-27)51-36-21-35(52-43-28(22-49)23-50-61(36)43)60-18-16-58(17-19-60)24-26-12-14-59(15-13-26)34-5-3-4-30-38(55-57(2)40(30)34)31-9-11-37(62)53-44(31)63/h3-5,8,10,20-21,23,26-27,31,42,51,54H,6-7,9,11-19,24-25H2,1-2H3,(H,53,62,63)/t31?,42-/m0/s1. The summed E-state index contributed by atoms with van der Waals surface area (Å²) in [5, 5.41) is 29.8. The fourth-order valence-electron chi connectivity index (χ4n) is 10.4. The molecule has 1 unspecified atom stereocenters. The molecule has 2 aromatic carbocycles. The number of carbonyl (C=O) groups excluding carboxylic acids is 2. The van der Waals surface area contributed by atoms with Gasteiger partial charge in [-0.25, -0.2) is 13.8 Å². The van der Waals surface area contributed by atoms with Crippen LogP contribution in [0.25, 0.3) is 27.5 Å². The van der Waals surface area contributed by atoms with Gasteiger partial charge >= 0.3 is 5.92 Å². The van der Waals surface area contributed by atoms with E-state index in [4.69, 9.17) is 14.8 Å². The number of imide groups is 1. The van der Waals surface area contributed by atoms with Crippen molar-refractivity contribution >= 4 is 68.0 Å². The van der Waals surface area contributed by atoms with E-state index in [-0.39, 0.29) is 29.2 Å². The molecule has 3 saturated heterocycles. The summed E-state index contributed by atoms with van der Waals surface area (Å²) in [6, 6.07) is 14.6. The number of carbonyl (C=O) groups is 2. The number of aryl methyl sites for hydroxylation is 2. The van der Waals surface area contributed by atoms with E-state index in [9.17, 15) is 19.6 Å². The number of para-hydroxylation sites is 1. The zero-order chi connectivity index (χ0) is 44.7. The number of hydrogen-bond acceptors (Lipinski definition) is 13. The van der Waals surface area contributed by atoms with Crippen LogP contribution in [0, 0.1) is 23.2 Å². The van der Waals surface area contributed by atoms with E-state index in [1.165, 1.54) is 10.8 Å². The zero-order valence-corrected chi connectivity index (χ0v) is 36.2. The van der Waals surface area contributed by atoms with Crippen molar-refractivity contribution in [1.82, 2.24) is 39.2 Å². The maximum absolute atomic E-state index is 15.3. The average molecular weight is 886 g/mol. The van der Waals surface area contributed by atoms with Crippen LogP contribution in [0.5, 0.6) is 5.75 Å². The fraction of sp³-hybridized carbons (Fsp3) is 0.457. The second kappa shape index (κ2) is 15.7. The molecule has 8 heterocycles. The third kappa shape index (κ3) is 7.23. The summed E-state index contributed by atoms with van der Waals surface area (Å²) in [6.45, 7) is 5.12. The van der Waals surface area contributed by atoms with Crippen molar-refractivity contribution in [3.05, 3.63) is 70.3 Å². The van der Waals surface area contributed by atoms with E-state index in [2.05, 4.69) is 47.9 Å². The van der Waals surface area contributed by atoms with Gasteiger partial charge in [0.1, 0.15) is 23.3 Å². The lowest BCUT2D eigenvalue weighted by Gasteiger charge is -2.40. The average Bonchev–Trinajstić information content (AvgIpc) is 3.99. The van der Waals surface area contributed by atoms with Crippen molar-refractivity contribution in [3.8, 4) is 11.8 Å². The van der Waals surface area contributed by atoms with Crippen LogP contribution in [-0.2, 0) is 23.7 Å². The van der Waals surface area contributed by atoms with Crippen molar-refractivity contribution in [2.24, 2.45) is 25.9 Å². The molecule has 3 N–H and O–H groups in total. The van der Waals surface area contributed by atoms with Gasteiger partial charge in [-0.05, 0) is 68.2 Å². The summed E-state index contributed by atoms with van der Waals surface area (Å²) >= 11 is 0. The number of hydrogen-bond donors (Lipinski definition) is 3. The van der Waals surface area contributed by atoms with Crippen LogP contribution in [-0.4, -0.2) is 110 Å². The number of rotatable bonds is 8. The van der Waals surface area contributed by atoms with Gasteiger partial charge < -0.3 is 29.7 Å². The Morgan fingerprint density at radius 3 is 2.51 bits per heavy atom. The monoisotopic (exact) mass is 885 g/mol. The number of fused-ring (bicyclic) bond motifs is 5. The van der Waals surface area contributed by atoms with Crippen LogP contribution in [0.2, 0.25) is 0 Å². The van der Waals surface area contributed by atoms with Gasteiger partial charge in [-0.15, -0.1) is 0 Å². The number of amides is 2. The molecule has 11 rings (SSSR count). The van der Waals surface area contributed by atoms with Gasteiger partial charge in [0.05, 0.1) is 46.3 Å². The Hall–Kier alpha value is -6.81. The van der Waals surface area contributed by atoms with E-state index >= 15 is 8.78 Å². The maximum Gasteiger partial charge on any atom is 0.301 e. The van der Waals surface area contributed by atoms with Gasteiger partial charge in [0, 0.05) is 88.9 Å². The summed E-state index contributed by atoms with van der Waals surface area (Å²) < 4.78 is 41.0. The first kappa shape index (κ1) is 40.9. The minimum Gasteiger partial charge on any atom is -0.480 e. The molecule has 4 fully saturated rings. The second-order valence-corrected chi connectivity index (χ2v) is 18.2. The molecule has 19 heteroatoms. The van der Waals surface area contributed by atoms with Crippen molar-refractivity contribution in [1.29, 1.82) is 5.26 Å². The van der Waals surface area contributed by atoms with Crippen LogP contribution in [0.4, 0.5) is 37.5 Å². The molecule has 65 heavy (non-hydrogen) atoms. The Bertz CT molecular complexity index is 3010. The number of benzene rings is 2. The lowest BCUT2D eigenvalue weighted by Crippen LogP contribution is -2.49. The Labute approximate surface area is 371 Å². The quantitative estimate of drug-likeness (QED) is 0.177. The topological polar surface area (TPSA) is 183 Å². The number of piperazine rings is 1. The molecule has 1 saturated carbocycles. The number of alkyl halides is 2. The molecule has 336 valence electrons. The molecular weight excluding hydrogens is 837 g/mol. The van der Waals surface area contributed by atoms with Crippen LogP contribution in [0.1, 0.15) is 55.7 Å². The van der Waals surface area contributed by atoms with E-state index in [0.717, 1.165) is 80.9 Å². The lowest BCUT2D eigenvalue weighted by molar-refractivity contribution is -0.134. The number of nitriles is 1. The molecule has 4 aliphatic heterocycles.